The van der Waals surface area contributed by atoms with E-state index in [0.717, 1.165) is 25.9 Å². The number of carbonyl (C=O) groups is 1. The molecule has 0 amide bonds. The number of carbonyl (C=O) groups excluding carboxylic acids is 1. The quantitative estimate of drug-likeness (QED) is 0.688. The Kier molecular flexibility index (Phi) is 4.89. The Morgan fingerprint density at radius 2 is 2.05 bits per heavy atom. The van der Waals surface area contributed by atoms with Crippen molar-refractivity contribution in [3.05, 3.63) is 28.8 Å². The number of esters is 1. The molecule has 110 valence electrons. The largest absolute Gasteiger partial charge is 0.459 e. The number of ether oxygens (including phenoxy) is 1. The van der Waals surface area contributed by atoms with Crippen molar-refractivity contribution in [3.8, 4) is 0 Å². The third-order valence-corrected chi connectivity index (χ3v) is 4.01. The van der Waals surface area contributed by atoms with E-state index in [0.29, 0.717) is 22.3 Å². The highest BCUT2D eigenvalue weighted by molar-refractivity contribution is 6.33. The average molecular weight is 297 g/mol. The number of hydrogen-bond donors (Lipinski definition) is 1. The van der Waals surface area contributed by atoms with Crippen LogP contribution in [-0.2, 0) is 4.74 Å². The fraction of sp³-hybridized carbons (Fsp3) is 0.533. The zero-order valence-corrected chi connectivity index (χ0v) is 12.7. The molecule has 1 aliphatic heterocycles. The summed E-state index contributed by atoms with van der Waals surface area (Å²) in [5.74, 6) is -0.363. The van der Waals surface area contributed by atoms with Gasteiger partial charge in [0.15, 0.2) is 0 Å². The van der Waals surface area contributed by atoms with E-state index >= 15 is 0 Å². The van der Waals surface area contributed by atoms with Gasteiger partial charge in [0.1, 0.15) is 6.10 Å². The first-order chi connectivity index (χ1) is 9.47. The number of halogens is 1. The van der Waals surface area contributed by atoms with Gasteiger partial charge in [-0.25, -0.2) is 4.79 Å². The third-order valence-electron chi connectivity index (χ3n) is 3.69. The Morgan fingerprint density at radius 3 is 2.60 bits per heavy atom. The highest BCUT2D eigenvalue weighted by Gasteiger charge is 2.24. The van der Waals surface area contributed by atoms with E-state index in [9.17, 15) is 4.79 Å². The van der Waals surface area contributed by atoms with Crippen molar-refractivity contribution in [2.24, 2.45) is 0 Å². The van der Waals surface area contributed by atoms with Crippen molar-refractivity contribution < 1.29 is 9.53 Å². The normalized spacial score (nSPS) is 17.4. The standard InChI is InChI=1S/C15H21ClN2O2/c1-10(2)18-7-5-12(6-8-18)20-15(19)13-4-3-11(17)9-14(13)16/h3-4,9-10,12H,5-8,17H2,1-2H3. The second kappa shape index (κ2) is 6.46. The zero-order chi connectivity index (χ0) is 14.7. The fourth-order valence-electron chi connectivity index (χ4n) is 2.42. The zero-order valence-electron chi connectivity index (χ0n) is 11.9. The molecule has 0 radical (unpaired) electrons. The number of hydrogen-bond acceptors (Lipinski definition) is 4. The molecule has 2 rings (SSSR count). The minimum absolute atomic E-state index is 0.0221. The molecule has 1 aliphatic rings. The van der Waals surface area contributed by atoms with Crippen molar-refractivity contribution in [2.75, 3.05) is 18.8 Å². The molecule has 0 aromatic heterocycles. The van der Waals surface area contributed by atoms with Crippen LogP contribution in [0.5, 0.6) is 0 Å². The van der Waals surface area contributed by atoms with E-state index in [2.05, 4.69) is 18.7 Å². The first-order valence-electron chi connectivity index (χ1n) is 6.97. The lowest BCUT2D eigenvalue weighted by atomic mass is 10.1. The first kappa shape index (κ1) is 15.1. The average Bonchev–Trinajstić information content (AvgIpc) is 2.39. The number of anilines is 1. The van der Waals surface area contributed by atoms with Gasteiger partial charge < -0.3 is 15.4 Å². The molecule has 5 heteroatoms. The molecule has 4 nitrogen and oxygen atoms in total. The predicted molar refractivity (Wildman–Crippen MR) is 81.0 cm³/mol. The van der Waals surface area contributed by atoms with Crippen LogP contribution in [0.15, 0.2) is 18.2 Å². The number of benzene rings is 1. The van der Waals surface area contributed by atoms with E-state index in [1.54, 1.807) is 18.2 Å². The van der Waals surface area contributed by atoms with Crippen LogP contribution in [0.25, 0.3) is 0 Å². The SMILES string of the molecule is CC(C)N1CCC(OC(=O)c2ccc(N)cc2Cl)CC1. The molecule has 0 saturated carbocycles. The lowest BCUT2D eigenvalue weighted by Crippen LogP contribution is -2.41. The lowest BCUT2D eigenvalue weighted by Gasteiger charge is -2.34. The second-order valence-electron chi connectivity index (χ2n) is 5.47. The maximum Gasteiger partial charge on any atom is 0.339 e. The summed E-state index contributed by atoms with van der Waals surface area (Å²) >= 11 is 6.02. The summed E-state index contributed by atoms with van der Waals surface area (Å²) in [4.78, 5) is 14.5. The summed E-state index contributed by atoms with van der Waals surface area (Å²) < 4.78 is 5.54. The molecular formula is C15H21ClN2O2. The molecule has 0 aliphatic carbocycles. The van der Waals surface area contributed by atoms with Gasteiger partial charge in [0, 0.05) is 24.8 Å². The van der Waals surface area contributed by atoms with Gasteiger partial charge >= 0.3 is 5.97 Å². The number of nitrogens with zero attached hydrogens (tertiary/aromatic N) is 1. The molecule has 0 atom stereocenters. The van der Waals surface area contributed by atoms with Crippen LogP contribution < -0.4 is 5.73 Å². The van der Waals surface area contributed by atoms with Crippen molar-refractivity contribution in [1.82, 2.24) is 4.90 Å². The summed E-state index contributed by atoms with van der Waals surface area (Å²) in [5.41, 5.74) is 6.53. The van der Waals surface area contributed by atoms with Gasteiger partial charge in [0.2, 0.25) is 0 Å². The third kappa shape index (κ3) is 3.64. The molecule has 1 aromatic rings. The Hall–Kier alpha value is -1.26. The van der Waals surface area contributed by atoms with E-state index in [1.165, 1.54) is 0 Å². The molecule has 1 aromatic carbocycles. The maximum absolute atomic E-state index is 12.1. The van der Waals surface area contributed by atoms with Crippen LogP contribution >= 0.6 is 11.6 Å². The summed E-state index contributed by atoms with van der Waals surface area (Å²) in [6, 6.07) is 5.38. The molecule has 0 spiro atoms. The van der Waals surface area contributed by atoms with E-state index in [-0.39, 0.29) is 12.1 Å². The van der Waals surface area contributed by atoms with Crippen LogP contribution in [-0.4, -0.2) is 36.1 Å². The fourth-order valence-corrected chi connectivity index (χ4v) is 2.69. The Morgan fingerprint density at radius 1 is 1.40 bits per heavy atom. The summed E-state index contributed by atoms with van der Waals surface area (Å²) in [5, 5.41) is 0.342. The van der Waals surface area contributed by atoms with Gasteiger partial charge in [-0.2, -0.15) is 0 Å². The topological polar surface area (TPSA) is 55.6 Å². The summed E-state index contributed by atoms with van der Waals surface area (Å²) in [6.45, 7) is 6.29. The monoisotopic (exact) mass is 296 g/mol. The number of nitrogens with two attached hydrogens (primary N) is 1. The van der Waals surface area contributed by atoms with E-state index in [4.69, 9.17) is 22.1 Å². The molecule has 1 saturated heterocycles. The van der Waals surface area contributed by atoms with Crippen molar-refractivity contribution >= 4 is 23.3 Å². The van der Waals surface area contributed by atoms with Gasteiger partial charge in [-0.15, -0.1) is 0 Å². The number of nitrogen functional groups attached to an aromatic ring is 1. The molecule has 1 fully saturated rings. The molecule has 0 bridgehead atoms. The van der Waals surface area contributed by atoms with Crippen molar-refractivity contribution in [3.63, 3.8) is 0 Å². The second-order valence-corrected chi connectivity index (χ2v) is 5.88. The van der Waals surface area contributed by atoms with Crippen molar-refractivity contribution in [1.29, 1.82) is 0 Å². The number of likely N-dealkylation sites (tertiary alicyclic amines) is 1. The first-order valence-corrected chi connectivity index (χ1v) is 7.35. The van der Waals surface area contributed by atoms with E-state index in [1.807, 2.05) is 0 Å². The van der Waals surface area contributed by atoms with Crippen LogP contribution in [0.1, 0.15) is 37.0 Å². The molecular weight excluding hydrogens is 276 g/mol. The smallest absolute Gasteiger partial charge is 0.339 e. The van der Waals surface area contributed by atoms with Crippen LogP contribution in [0.2, 0.25) is 5.02 Å². The Balaban J connectivity index is 1.92. The molecule has 1 heterocycles. The highest BCUT2D eigenvalue weighted by Crippen LogP contribution is 2.22. The highest BCUT2D eigenvalue weighted by atomic mass is 35.5. The van der Waals surface area contributed by atoms with Crippen molar-refractivity contribution in [2.45, 2.75) is 38.8 Å². The van der Waals surface area contributed by atoms with E-state index < -0.39 is 0 Å². The van der Waals surface area contributed by atoms with Gasteiger partial charge in [-0.05, 0) is 44.9 Å². The predicted octanol–water partition coefficient (Wildman–Crippen LogP) is 2.95. The minimum Gasteiger partial charge on any atom is -0.459 e. The summed E-state index contributed by atoms with van der Waals surface area (Å²) in [6.07, 6.45) is 1.72. The maximum atomic E-state index is 12.1. The minimum atomic E-state index is -0.363. The molecule has 0 unspecified atom stereocenters. The van der Waals surface area contributed by atoms with Gasteiger partial charge in [0.25, 0.3) is 0 Å². The Labute approximate surface area is 124 Å². The number of rotatable bonds is 3. The number of piperidine rings is 1. The van der Waals surface area contributed by atoms with Crippen LogP contribution in [0.4, 0.5) is 5.69 Å². The van der Waals surface area contributed by atoms with Gasteiger partial charge in [0.05, 0.1) is 10.6 Å². The Bertz CT molecular complexity index is 483. The van der Waals surface area contributed by atoms with Crippen LogP contribution in [0.3, 0.4) is 0 Å². The molecule has 2 N–H and O–H groups in total. The summed E-state index contributed by atoms with van der Waals surface area (Å²) in [7, 11) is 0. The lowest BCUT2D eigenvalue weighted by molar-refractivity contribution is 0.00790. The van der Waals surface area contributed by atoms with Crippen LogP contribution in [0, 0.1) is 0 Å². The van der Waals surface area contributed by atoms with Gasteiger partial charge in [-0.1, -0.05) is 11.6 Å². The van der Waals surface area contributed by atoms with Gasteiger partial charge in [-0.3, -0.25) is 0 Å². The molecule has 20 heavy (non-hydrogen) atoms.